The van der Waals surface area contributed by atoms with Gasteiger partial charge in [-0.1, -0.05) is 0 Å². The highest BCUT2D eigenvalue weighted by molar-refractivity contribution is 5.59. The average molecular weight is 346 g/mol. The summed E-state index contributed by atoms with van der Waals surface area (Å²) in [6.07, 6.45) is 1.23. The molecule has 25 heavy (non-hydrogen) atoms. The summed E-state index contributed by atoms with van der Waals surface area (Å²) in [4.78, 5) is 4.02. The number of nitrogens with one attached hydrogen (secondary N) is 1. The van der Waals surface area contributed by atoms with Gasteiger partial charge in [0, 0.05) is 5.56 Å². The van der Waals surface area contributed by atoms with Gasteiger partial charge in [0.2, 0.25) is 0 Å². The largest absolute Gasteiger partial charge is 0.433 e. The number of nitrogens with zero attached hydrogens (tertiary/aromatic N) is 3. The molecule has 5 nitrogen and oxygen atoms in total. The molecule has 1 aromatic carbocycles. The predicted molar refractivity (Wildman–Crippen MR) is 85.6 cm³/mol. The smallest absolute Gasteiger partial charge is 0.387 e. The number of ether oxygens (including phenoxy) is 1. The van der Waals surface area contributed by atoms with Gasteiger partial charge in [0.25, 0.3) is 0 Å². The van der Waals surface area contributed by atoms with Gasteiger partial charge in [-0.3, -0.25) is 4.98 Å². The van der Waals surface area contributed by atoms with Crippen LogP contribution in [0.3, 0.4) is 0 Å². The van der Waals surface area contributed by atoms with Gasteiger partial charge in [0.15, 0.2) is 0 Å². The number of pyridine rings is 1. The van der Waals surface area contributed by atoms with Crippen molar-refractivity contribution < 1.29 is 17.9 Å². The zero-order chi connectivity index (χ0) is 17.6. The molecule has 0 spiro atoms. The molecule has 8 heteroatoms. The molecule has 0 atom stereocenters. The molecule has 0 saturated carbocycles. The lowest BCUT2D eigenvalue weighted by Crippen LogP contribution is -2.05. The van der Waals surface area contributed by atoms with Gasteiger partial charge in [-0.05, 0) is 48.5 Å². The van der Waals surface area contributed by atoms with Gasteiger partial charge >= 0.3 is 6.61 Å². The highest BCUT2D eigenvalue weighted by Crippen LogP contribution is 2.18. The molecule has 0 bridgehead atoms. The van der Waals surface area contributed by atoms with E-state index in [0.717, 1.165) is 5.56 Å². The van der Waals surface area contributed by atoms with E-state index in [1.165, 1.54) is 24.4 Å². The molecule has 128 valence electrons. The molecule has 3 aromatic rings. The van der Waals surface area contributed by atoms with E-state index in [-0.39, 0.29) is 11.6 Å². The van der Waals surface area contributed by atoms with Gasteiger partial charge in [0.05, 0.1) is 24.1 Å². The van der Waals surface area contributed by atoms with E-state index >= 15 is 0 Å². The first kappa shape index (κ1) is 16.7. The van der Waals surface area contributed by atoms with Crippen LogP contribution in [-0.2, 0) is 6.54 Å². The Morgan fingerprint density at radius 1 is 0.960 bits per heavy atom. The number of anilines is 1. The maximum atomic E-state index is 12.9. The molecule has 2 aromatic heterocycles. The lowest BCUT2D eigenvalue weighted by Gasteiger charge is -2.07. The van der Waals surface area contributed by atoms with E-state index in [4.69, 9.17) is 0 Å². The van der Waals surface area contributed by atoms with Gasteiger partial charge < -0.3 is 10.1 Å². The topological polar surface area (TPSA) is 59.9 Å². The minimum atomic E-state index is -2.87. The Morgan fingerprint density at radius 2 is 1.76 bits per heavy atom. The van der Waals surface area contributed by atoms with Crippen molar-refractivity contribution in [2.75, 3.05) is 5.32 Å². The van der Waals surface area contributed by atoms with Gasteiger partial charge in [0.1, 0.15) is 17.4 Å². The van der Waals surface area contributed by atoms with E-state index in [1.54, 1.807) is 30.3 Å². The number of hydrogen-bond acceptors (Lipinski definition) is 5. The SMILES string of the molecule is Fc1ccc(-c2ccc(NCc3ccc(OC(F)F)cn3)nn2)cc1. The average Bonchev–Trinajstić information content (AvgIpc) is 2.62. The summed E-state index contributed by atoms with van der Waals surface area (Å²) in [7, 11) is 0. The van der Waals surface area contributed by atoms with E-state index in [9.17, 15) is 13.2 Å². The van der Waals surface area contributed by atoms with E-state index in [2.05, 4.69) is 25.2 Å². The Balaban J connectivity index is 1.59. The van der Waals surface area contributed by atoms with Crippen molar-refractivity contribution in [3.63, 3.8) is 0 Å². The second-order valence-corrected chi connectivity index (χ2v) is 5.03. The molecule has 0 aliphatic rings. The molecule has 0 fully saturated rings. The number of aromatic nitrogens is 3. The van der Waals surface area contributed by atoms with Crippen LogP contribution < -0.4 is 10.1 Å². The minimum absolute atomic E-state index is 0.00203. The van der Waals surface area contributed by atoms with Crippen molar-refractivity contribution in [3.8, 4) is 17.0 Å². The summed E-state index contributed by atoms with van der Waals surface area (Å²) in [5, 5.41) is 11.1. The molecular formula is C17H13F3N4O. The normalized spacial score (nSPS) is 10.7. The summed E-state index contributed by atoms with van der Waals surface area (Å²) in [5.74, 6) is 0.218. The van der Waals surface area contributed by atoms with Crippen molar-refractivity contribution in [2.24, 2.45) is 0 Å². The van der Waals surface area contributed by atoms with Crippen LogP contribution >= 0.6 is 0 Å². The molecule has 0 aliphatic carbocycles. The quantitative estimate of drug-likeness (QED) is 0.734. The Hall–Kier alpha value is -3.16. The summed E-state index contributed by atoms with van der Waals surface area (Å²) in [6.45, 7) is -2.53. The zero-order valence-corrected chi connectivity index (χ0v) is 12.9. The van der Waals surface area contributed by atoms with Crippen molar-refractivity contribution in [1.82, 2.24) is 15.2 Å². The first-order valence-corrected chi connectivity index (χ1v) is 7.33. The van der Waals surface area contributed by atoms with Gasteiger partial charge in [-0.2, -0.15) is 8.78 Å². The van der Waals surface area contributed by atoms with Crippen molar-refractivity contribution >= 4 is 5.82 Å². The van der Waals surface area contributed by atoms with E-state index in [1.807, 2.05) is 0 Å². The van der Waals surface area contributed by atoms with Crippen molar-refractivity contribution in [3.05, 3.63) is 66.2 Å². The Labute approximate surface area is 141 Å². The van der Waals surface area contributed by atoms with E-state index < -0.39 is 6.61 Å². The summed E-state index contributed by atoms with van der Waals surface area (Å²) in [6, 6.07) is 12.4. The summed E-state index contributed by atoms with van der Waals surface area (Å²) < 4.78 is 41.3. The minimum Gasteiger partial charge on any atom is -0.433 e. The van der Waals surface area contributed by atoms with Crippen LogP contribution in [0.2, 0.25) is 0 Å². The molecule has 0 aliphatic heterocycles. The lowest BCUT2D eigenvalue weighted by molar-refractivity contribution is -0.0500. The highest BCUT2D eigenvalue weighted by atomic mass is 19.3. The lowest BCUT2D eigenvalue weighted by atomic mass is 10.1. The molecule has 1 N–H and O–H groups in total. The van der Waals surface area contributed by atoms with E-state index in [0.29, 0.717) is 23.8 Å². The van der Waals surface area contributed by atoms with Crippen LogP contribution in [-0.4, -0.2) is 21.8 Å². The van der Waals surface area contributed by atoms with Gasteiger partial charge in [-0.15, -0.1) is 10.2 Å². The molecule has 0 radical (unpaired) electrons. The number of alkyl halides is 2. The summed E-state index contributed by atoms with van der Waals surface area (Å²) >= 11 is 0. The number of rotatable bonds is 6. The van der Waals surface area contributed by atoms with Crippen molar-refractivity contribution in [2.45, 2.75) is 13.2 Å². The molecule has 0 saturated heterocycles. The standard InChI is InChI=1S/C17H13F3N4O/c18-12-3-1-11(2-4-12)15-7-8-16(24-23-15)22-9-13-5-6-14(10-21-13)25-17(19)20/h1-8,10,17H,9H2,(H,22,24). The number of benzene rings is 1. The molecule has 0 amide bonds. The molecule has 3 rings (SSSR count). The van der Waals surface area contributed by atoms with Crippen LogP contribution in [0.1, 0.15) is 5.69 Å². The van der Waals surface area contributed by atoms with Crippen LogP contribution in [0.15, 0.2) is 54.7 Å². The van der Waals surface area contributed by atoms with Gasteiger partial charge in [-0.25, -0.2) is 4.39 Å². The second-order valence-electron chi connectivity index (χ2n) is 5.03. The van der Waals surface area contributed by atoms with Crippen LogP contribution in [0.4, 0.5) is 19.0 Å². The van der Waals surface area contributed by atoms with Crippen LogP contribution in [0.25, 0.3) is 11.3 Å². The maximum absolute atomic E-state index is 12.9. The molecule has 0 unspecified atom stereocenters. The first-order valence-electron chi connectivity index (χ1n) is 7.33. The third kappa shape index (κ3) is 4.66. The highest BCUT2D eigenvalue weighted by Gasteiger charge is 2.05. The van der Waals surface area contributed by atoms with Crippen LogP contribution in [0, 0.1) is 5.82 Å². The number of hydrogen-bond donors (Lipinski definition) is 1. The van der Waals surface area contributed by atoms with Crippen LogP contribution in [0.5, 0.6) is 5.75 Å². The second kappa shape index (κ2) is 7.61. The summed E-state index contributed by atoms with van der Waals surface area (Å²) in [5.41, 5.74) is 2.01. The Kier molecular flexibility index (Phi) is 5.08. The fourth-order valence-corrected chi connectivity index (χ4v) is 2.07. The third-order valence-corrected chi connectivity index (χ3v) is 3.28. The third-order valence-electron chi connectivity index (χ3n) is 3.28. The number of halogens is 3. The molecular weight excluding hydrogens is 333 g/mol. The van der Waals surface area contributed by atoms with Crippen molar-refractivity contribution in [1.29, 1.82) is 0 Å². The predicted octanol–water partition coefficient (Wildman–Crippen LogP) is 3.89. The fourth-order valence-electron chi connectivity index (χ4n) is 2.07. The maximum Gasteiger partial charge on any atom is 0.387 e. The monoisotopic (exact) mass is 346 g/mol. The zero-order valence-electron chi connectivity index (χ0n) is 12.9. The molecule has 2 heterocycles. The Morgan fingerprint density at radius 3 is 2.36 bits per heavy atom. The fraction of sp³-hybridized carbons (Fsp3) is 0.118. The first-order chi connectivity index (χ1) is 12.1. The Bertz CT molecular complexity index is 809.